The Bertz CT molecular complexity index is 593. The van der Waals surface area contributed by atoms with Gasteiger partial charge < -0.3 is 10.1 Å². The summed E-state index contributed by atoms with van der Waals surface area (Å²) in [5, 5.41) is 2.79. The van der Waals surface area contributed by atoms with E-state index in [4.69, 9.17) is 4.74 Å². The van der Waals surface area contributed by atoms with E-state index >= 15 is 0 Å². The Labute approximate surface area is 125 Å². The molecule has 0 radical (unpaired) electrons. The number of carbonyl (C=O) groups is 1. The molecule has 6 heteroatoms. The molecule has 1 aliphatic heterocycles. The summed E-state index contributed by atoms with van der Waals surface area (Å²) < 4.78 is 28.2. The summed E-state index contributed by atoms with van der Waals surface area (Å²) in [5.41, 5.74) is 0.959. The van der Waals surface area contributed by atoms with Crippen LogP contribution in [0, 0.1) is 5.92 Å². The Balaban J connectivity index is 1.84. The highest BCUT2D eigenvalue weighted by molar-refractivity contribution is 7.91. The molecule has 1 amide bonds. The van der Waals surface area contributed by atoms with Crippen LogP contribution < -0.4 is 10.1 Å². The van der Waals surface area contributed by atoms with Gasteiger partial charge in [0.25, 0.3) is 0 Å². The molecule has 1 aliphatic rings. The molecule has 1 saturated heterocycles. The van der Waals surface area contributed by atoms with Crippen molar-refractivity contribution in [1.82, 2.24) is 5.32 Å². The van der Waals surface area contributed by atoms with Crippen molar-refractivity contribution in [2.24, 2.45) is 5.92 Å². The number of ether oxygens (including phenoxy) is 1. The topological polar surface area (TPSA) is 72.5 Å². The number of benzene rings is 1. The van der Waals surface area contributed by atoms with E-state index in [0.29, 0.717) is 13.0 Å². The first-order valence-corrected chi connectivity index (χ1v) is 8.91. The number of hydrogen-bond donors (Lipinski definition) is 1. The molecule has 0 bridgehead atoms. The minimum absolute atomic E-state index is 0.0278. The molecule has 5 nitrogen and oxygen atoms in total. The third-order valence-corrected chi connectivity index (χ3v) is 5.13. The van der Waals surface area contributed by atoms with Crippen molar-refractivity contribution in [2.45, 2.75) is 32.9 Å². The Hall–Kier alpha value is -1.56. The van der Waals surface area contributed by atoms with E-state index < -0.39 is 15.8 Å². The Morgan fingerprint density at radius 2 is 2.00 bits per heavy atom. The second kappa shape index (κ2) is 6.47. The fourth-order valence-electron chi connectivity index (χ4n) is 2.29. The first-order valence-electron chi connectivity index (χ1n) is 7.09. The molecule has 1 fully saturated rings. The number of rotatable bonds is 5. The van der Waals surface area contributed by atoms with Crippen molar-refractivity contribution < 1.29 is 17.9 Å². The molecule has 116 valence electrons. The van der Waals surface area contributed by atoms with Crippen LogP contribution in [0.3, 0.4) is 0 Å². The first kappa shape index (κ1) is 15.8. The summed E-state index contributed by atoms with van der Waals surface area (Å²) in [7, 11) is -3.02. The van der Waals surface area contributed by atoms with Crippen molar-refractivity contribution in [2.75, 3.05) is 11.5 Å². The van der Waals surface area contributed by atoms with Crippen LogP contribution in [-0.4, -0.2) is 31.9 Å². The predicted molar refractivity (Wildman–Crippen MR) is 80.8 cm³/mol. The average Bonchev–Trinajstić information content (AvgIpc) is 2.77. The maximum atomic E-state index is 11.9. The molecule has 0 spiro atoms. The molecular formula is C15H21NO4S. The molecule has 1 aromatic carbocycles. The summed E-state index contributed by atoms with van der Waals surface area (Å²) in [5.74, 6) is 0.297. The van der Waals surface area contributed by atoms with Gasteiger partial charge in [0.1, 0.15) is 5.75 Å². The van der Waals surface area contributed by atoms with Gasteiger partial charge in [0.2, 0.25) is 5.91 Å². The molecule has 21 heavy (non-hydrogen) atoms. The molecule has 1 atom stereocenters. The van der Waals surface area contributed by atoms with Gasteiger partial charge in [-0.2, -0.15) is 0 Å². The summed E-state index contributed by atoms with van der Waals surface area (Å²) in [4.78, 5) is 11.9. The highest BCUT2D eigenvalue weighted by atomic mass is 32.2. The molecule has 1 aromatic rings. The minimum Gasteiger partial charge on any atom is -0.491 e. The predicted octanol–water partition coefficient (Wildman–Crippen LogP) is 1.52. The molecule has 1 heterocycles. The van der Waals surface area contributed by atoms with Crippen molar-refractivity contribution in [1.29, 1.82) is 0 Å². The first-order chi connectivity index (χ1) is 9.85. The summed E-state index contributed by atoms with van der Waals surface area (Å²) in [6.45, 7) is 4.32. The summed E-state index contributed by atoms with van der Waals surface area (Å²) in [6, 6.07) is 7.51. The number of hydrogen-bond acceptors (Lipinski definition) is 4. The van der Waals surface area contributed by atoms with E-state index in [2.05, 4.69) is 5.32 Å². The normalized spacial score (nSPS) is 20.4. The lowest BCUT2D eigenvalue weighted by molar-refractivity contribution is -0.124. The lowest BCUT2D eigenvalue weighted by Gasteiger charge is -2.11. The quantitative estimate of drug-likeness (QED) is 0.895. The van der Waals surface area contributed by atoms with Crippen molar-refractivity contribution in [3.63, 3.8) is 0 Å². The van der Waals surface area contributed by atoms with Gasteiger partial charge in [0.15, 0.2) is 9.84 Å². The van der Waals surface area contributed by atoms with E-state index in [1.165, 1.54) is 0 Å². The highest BCUT2D eigenvalue weighted by Gasteiger charge is 2.32. The summed E-state index contributed by atoms with van der Waals surface area (Å²) in [6.07, 6.45) is 0.551. The molecule has 0 aromatic heterocycles. The smallest absolute Gasteiger partial charge is 0.224 e. The van der Waals surface area contributed by atoms with Crippen LogP contribution >= 0.6 is 0 Å². The van der Waals surface area contributed by atoms with Crippen molar-refractivity contribution in [3.8, 4) is 5.75 Å². The number of nitrogens with one attached hydrogen (secondary N) is 1. The zero-order valence-corrected chi connectivity index (χ0v) is 13.2. The lowest BCUT2D eigenvalue weighted by Crippen LogP contribution is -2.30. The number of amides is 1. The molecule has 0 aliphatic carbocycles. The van der Waals surface area contributed by atoms with Gasteiger partial charge in [0, 0.05) is 6.54 Å². The van der Waals surface area contributed by atoms with Crippen LogP contribution in [0.4, 0.5) is 0 Å². The fraction of sp³-hybridized carbons (Fsp3) is 0.533. The highest BCUT2D eigenvalue weighted by Crippen LogP contribution is 2.19. The van der Waals surface area contributed by atoms with E-state index in [1.54, 1.807) is 0 Å². The Morgan fingerprint density at radius 3 is 2.52 bits per heavy atom. The third kappa shape index (κ3) is 4.74. The molecule has 1 unspecified atom stereocenters. The third-order valence-electron chi connectivity index (χ3n) is 3.37. The zero-order valence-electron chi connectivity index (χ0n) is 12.3. The van der Waals surface area contributed by atoms with Crippen LogP contribution in [0.25, 0.3) is 0 Å². The van der Waals surface area contributed by atoms with Gasteiger partial charge in [0.05, 0.1) is 23.5 Å². The van der Waals surface area contributed by atoms with Gasteiger partial charge in [-0.3, -0.25) is 4.79 Å². The fourth-order valence-corrected chi connectivity index (χ4v) is 4.03. The van der Waals surface area contributed by atoms with Crippen LogP contribution in [0.15, 0.2) is 24.3 Å². The molecule has 1 N–H and O–H groups in total. The maximum Gasteiger partial charge on any atom is 0.224 e. The van der Waals surface area contributed by atoms with Crippen LogP contribution in [0.2, 0.25) is 0 Å². The van der Waals surface area contributed by atoms with Crippen LogP contribution in [0.5, 0.6) is 5.75 Å². The molecule has 0 saturated carbocycles. The minimum atomic E-state index is -3.02. The number of sulfone groups is 1. The van der Waals surface area contributed by atoms with Gasteiger partial charge in [-0.25, -0.2) is 8.42 Å². The Kier molecular flexibility index (Phi) is 4.88. The van der Waals surface area contributed by atoms with Gasteiger partial charge in [-0.15, -0.1) is 0 Å². The standard InChI is InChI=1S/C15H21NO4S/c1-11(2)20-14-5-3-12(4-6-14)9-16-15(17)13-7-8-21(18,19)10-13/h3-6,11,13H,7-10H2,1-2H3,(H,16,17). The van der Waals surface area contributed by atoms with E-state index in [0.717, 1.165) is 11.3 Å². The van der Waals surface area contributed by atoms with Crippen molar-refractivity contribution in [3.05, 3.63) is 29.8 Å². The van der Waals surface area contributed by atoms with E-state index in [-0.39, 0.29) is 23.5 Å². The SMILES string of the molecule is CC(C)Oc1ccc(CNC(=O)C2CCS(=O)(=O)C2)cc1. The second-order valence-corrected chi connectivity index (χ2v) is 7.86. The molecular weight excluding hydrogens is 290 g/mol. The molecule has 2 rings (SSSR count). The zero-order chi connectivity index (χ0) is 15.5. The van der Waals surface area contributed by atoms with Crippen LogP contribution in [0.1, 0.15) is 25.8 Å². The van der Waals surface area contributed by atoms with Crippen molar-refractivity contribution >= 4 is 15.7 Å². The van der Waals surface area contributed by atoms with Gasteiger partial charge >= 0.3 is 0 Å². The second-order valence-electron chi connectivity index (χ2n) is 5.63. The van der Waals surface area contributed by atoms with Crippen LogP contribution in [-0.2, 0) is 21.2 Å². The lowest BCUT2D eigenvalue weighted by atomic mass is 10.1. The monoisotopic (exact) mass is 311 g/mol. The van der Waals surface area contributed by atoms with Gasteiger partial charge in [-0.05, 0) is 38.0 Å². The largest absolute Gasteiger partial charge is 0.491 e. The Morgan fingerprint density at radius 1 is 1.33 bits per heavy atom. The van der Waals surface area contributed by atoms with E-state index in [9.17, 15) is 13.2 Å². The maximum absolute atomic E-state index is 11.9. The average molecular weight is 311 g/mol. The van der Waals surface area contributed by atoms with E-state index in [1.807, 2.05) is 38.1 Å². The van der Waals surface area contributed by atoms with Gasteiger partial charge in [-0.1, -0.05) is 12.1 Å². The number of carbonyl (C=O) groups excluding carboxylic acids is 1. The summed E-state index contributed by atoms with van der Waals surface area (Å²) >= 11 is 0.